The fraction of sp³-hybridized carbons (Fsp3) is 0.667. The second kappa shape index (κ2) is 6.34. The summed E-state index contributed by atoms with van der Waals surface area (Å²) >= 11 is 5.84. The van der Waals surface area contributed by atoms with Crippen LogP contribution in [0, 0.1) is 5.92 Å². The van der Waals surface area contributed by atoms with Gasteiger partial charge in [-0.1, -0.05) is 11.6 Å². The SMILES string of the molecule is CN(C)S(=O)(=O)N1CCCC(Cc2cc(Cl)ncn2)C1. The summed E-state index contributed by atoms with van der Waals surface area (Å²) in [5.74, 6) is 0.268. The molecule has 1 aromatic heterocycles. The van der Waals surface area contributed by atoms with Crippen LogP contribution in [0.2, 0.25) is 5.15 Å². The van der Waals surface area contributed by atoms with Gasteiger partial charge in [-0.3, -0.25) is 0 Å². The molecule has 0 aromatic carbocycles. The van der Waals surface area contributed by atoms with Crippen LogP contribution in [0.25, 0.3) is 0 Å². The monoisotopic (exact) mass is 318 g/mol. The molecule has 1 aliphatic heterocycles. The van der Waals surface area contributed by atoms with E-state index < -0.39 is 10.2 Å². The number of rotatable bonds is 4. The van der Waals surface area contributed by atoms with Crippen LogP contribution in [-0.4, -0.2) is 54.2 Å². The van der Waals surface area contributed by atoms with Crippen molar-refractivity contribution in [3.63, 3.8) is 0 Å². The molecule has 20 heavy (non-hydrogen) atoms. The average molecular weight is 319 g/mol. The Morgan fingerprint density at radius 1 is 1.45 bits per heavy atom. The Bertz CT molecular complexity index is 564. The first kappa shape index (κ1) is 15.6. The van der Waals surface area contributed by atoms with Crippen LogP contribution in [0.5, 0.6) is 0 Å². The summed E-state index contributed by atoms with van der Waals surface area (Å²) in [7, 11) is -0.208. The Balaban J connectivity index is 2.04. The van der Waals surface area contributed by atoms with Crippen molar-refractivity contribution in [2.75, 3.05) is 27.2 Å². The van der Waals surface area contributed by atoms with Gasteiger partial charge in [0.05, 0.1) is 0 Å². The highest BCUT2D eigenvalue weighted by molar-refractivity contribution is 7.86. The van der Waals surface area contributed by atoms with Crippen molar-refractivity contribution in [2.45, 2.75) is 19.3 Å². The van der Waals surface area contributed by atoms with Gasteiger partial charge in [-0.25, -0.2) is 9.97 Å². The summed E-state index contributed by atoms with van der Waals surface area (Å²) in [5.41, 5.74) is 0.860. The van der Waals surface area contributed by atoms with Gasteiger partial charge in [-0.2, -0.15) is 17.0 Å². The molecule has 1 unspecified atom stereocenters. The molecule has 0 amide bonds. The van der Waals surface area contributed by atoms with Crippen LogP contribution >= 0.6 is 11.6 Å². The van der Waals surface area contributed by atoms with E-state index in [9.17, 15) is 8.42 Å². The maximum Gasteiger partial charge on any atom is 0.281 e. The third kappa shape index (κ3) is 3.66. The molecule has 0 bridgehead atoms. The lowest BCUT2D eigenvalue weighted by molar-refractivity contribution is 0.253. The van der Waals surface area contributed by atoms with Gasteiger partial charge < -0.3 is 0 Å². The van der Waals surface area contributed by atoms with E-state index in [1.807, 2.05) is 0 Å². The number of aromatic nitrogens is 2. The average Bonchev–Trinajstić information content (AvgIpc) is 2.39. The van der Waals surface area contributed by atoms with E-state index >= 15 is 0 Å². The molecular weight excluding hydrogens is 300 g/mol. The Hall–Kier alpha value is -0.760. The summed E-state index contributed by atoms with van der Waals surface area (Å²) in [6.07, 6.45) is 4.04. The van der Waals surface area contributed by atoms with Crippen LogP contribution < -0.4 is 0 Å². The minimum absolute atomic E-state index is 0.268. The van der Waals surface area contributed by atoms with E-state index in [2.05, 4.69) is 9.97 Å². The molecule has 112 valence electrons. The van der Waals surface area contributed by atoms with Gasteiger partial charge in [0.2, 0.25) is 0 Å². The molecule has 2 heterocycles. The van der Waals surface area contributed by atoms with Crippen LogP contribution in [0.3, 0.4) is 0 Å². The molecule has 8 heteroatoms. The fourth-order valence-electron chi connectivity index (χ4n) is 2.41. The summed E-state index contributed by atoms with van der Waals surface area (Å²) in [6.45, 7) is 1.11. The second-order valence-electron chi connectivity index (χ2n) is 5.19. The third-order valence-corrected chi connectivity index (χ3v) is 5.57. The van der Waals surface area contributed by atoms with Crippen LogP contribution in [0.4, 0.5) is 0 Å². The van der Waals surface area contributed by atoms with E-state index in [1.54, 1.807) is 24.5 Å². The van der Waals surface area contributed by atoms with Crippen molar-refractivity contribution >= 4 is 21.8 Å². The first-order chi connectivity index (χ1) is 9.39. The Morgan fingerprint density at radius 3 is 2.85 bits per heavy atom. The van der Waals surface area contributed by atoms with E-state index in [0.717, 1.165) is 25.0 Å². The van der Waals surface area contributed by atoms with E-state index in [0.29, 0.717) is 18.2 Å². The second-order valence-corrected chi connectivity index (χ2v) is 7.72. The zero-order valence-electron chi connectivity index (χ0n) is 11.7. The van der Waals surface area contributed by atoms with Gasteiger partial charge in [0, 0.05) is 32.9 Å². The molecule has 0 radical (unpaired) electrons. The zero-order valence-corrected chi connectivity index (χ0v) is 13.2. The topological polar surface area (TPSA) is 66.4 Å². The van der Waals surface area contributed by atoms with Crippen LogP contribution in [0.1, 0.15) is 18.5 Å². The number of hydrogen-bond donors (Lipinski definition) is 0. The highest BCUT2D eigenvalue weighted by atomic mass is 35.5. The maximum atomic E-state index is 12.1. The first-order valence-electron chi connectivity index (χ1n) is 6.53. The number of nitrogens with zero attached hydrogens (tertiary/aromatic N) is 4. The van der Waals surface area contributed by atoms with Crippen molar-refractivity contribution in [1.82, 2.24) is 18.6 Å². The minimum atomic E-state index is -3.33. The lowest BCUT2D eigenvalue weighted by atomic mass is 9.94. The quantitative estimate of drug-likeness (QED) is 0.782. The van der Waals surface area contributed by atoms with Crippen molar-refractivity contribution in [1.29, 1.82) is 0 Å². The molecule has 2 rings (SSSR count). The van der Waals surface area contributed by atoms with E-state index in [-0.39, 0.29) is 5.92 Å². The first-order valence-corrected chi connectivity index (χ1v) is 8.31. The lowest BCUT2D eigenvalue weighted by Gasteiger charge is -2.33. The molecule has 0 aliphatic carbocycles. The highest BCUT2D eigenvalue weighted by Gasteiger charge is 2.30. The summed E-state index contributed by atoms with van der Waals surface area (Å²) < 4.78 is 27.1. The van der Waals surface area contributed by atoms with Gasteiger partial charge >= 0.3 is 0 Å². The molecule has 1 saturated heterocycles. The normalized spacial score (nSPS) is 21.3. The summed E-state index contributed by atoms with van der Waals surface area (Å²) in [6, 6.07) is 1.74. The largest absolute Gasteiger partial charge is 0.281 e. The molecule has 0 saturated carbocycles. The van der Waals surface area contributed by atoms with Crippen LogP contribution in [0.15, 0.2) is 12.4 Å². The summed E-state index contributed by atoms with van der Waals surface area (Å²) in [5, 5.41) is 0.420. The van der Waals surface area contributed by atoms with E-state index in [1.165, 1.54) is 10.6 Å². The Labute approximate surface area is 125 Å². The third-order valence-electron chi connectivity index (χ3n) is 3.46. The van der Waals surface area contributed by atoms with Gasteiger partial charge in [0.15, 0.2) is 0 Å². The molecule has 1 aliphatic rings. The van der Waals surface area contributed by atoms with Gasteiger partial charge in [0.1, 0.15) is 11.5 Å². The van der Waals surface area contributed by atoms with Gasteiger partial charge in [-0.15, -0.1) is 0 Å². The number of halogens is 1. The van der Waals surface area contributed by atoms with Crippen molar-refractivity contribution in [2.24, 2.45) is 5.92 Å². The summed E-state index contributed by atoms with van der Waals surface area (Å²) in [4.78, 5) is 8.03. The molecule has 1 fully saturated rings. The number of piperidine rings is 1. The fourth-order valence-corrected chi connectivity index (χ4v) is 3.80. The smallest absolute Gasteiger partial charge is 0.241 e. The molecule has 6 nitrogen and oxygen atoms in total. The van der Waals surface area contributed by atoms with E-state index in [4.69, 9.17) is 11.6 Å². The predicted octanol–water partition coefficient (Wildman–Crippen LogP) is 1.19. The van der Waals surface area contributed by atoms with Gasteiger partial charge in [0.25, 0.3) is 10.2 Å². The minimum Gasteiger partial charge on any atom is -0.241 e. The Morgan fingerprint density at radius 2 is 2.20 bits per heavy atom. The Kier molecular flexibility index (Phi) is 4.95. The molecule has 0 N–H and O–H groups in total. The van der Waals surface area contributed by atoms with Crippen molar-refractivity contribution < 1.29 is 8.42 Å². The lowest BCUT2D eigenvalue weighted by Crippen LogP contribution is -2.45. The van der Waals surface area contributed by atoms with Crippen molar-refractivity contribution in [3.05, 3.63) is 23.2 Å². The van der Waals surface area contributed by atoms with Crippen LogP contribution in [-0.2, 0) is 16.6 Å². The molecule has 1 atom stereocenters. The predicted molar refractivity (Wildman–Crippen MR) is 77.6 cm³/mol. The maximum absolute atomic E-state index is 12.1. The zero-order chi connectivity index (χ0) is 14.8. The van der Waals surface area contributed by atoms with Crippen molar-refractivity contribution in [3.8, 4) is 0 Å². The van der Waals surface area contributed by atoms with Gasteiger partial charge in [-0.05, 0) is 31.2 Å². The highest BCUT2D eigenvalue weighted by Crippen LogP contribution is 2.23. The molecule has 1 aromatic rings. The standard InChI is InChI=1S/C12H19ClN4O2S/c1-16(2)20(18,19)17-5-3-4-10(8-17)6-11-7-12(13)15-9-14-11/h7,9-10H,3-6,8H2,1-2H3. The number of hydrogen-bond acceptors (Lipinski definition) is 4. The molecule has 0 spiro atoms. The molecular formula is C12H19ClN4O2S.